The Labute approximate surface area is 191 Å². The van der Waals surface area contributed by atoms with E-state index < -0.39 is 0 Å². The second-order valence-electron chi connectivity index (χ2n) is 7.17. The minimum Gasteiger partial charge on any atom is -0.488 e. The number of amides is 1. The summed E-state index contributed by atoms with van der Waals surface area (Å²) >= 11 is 3.47. The predicted octanol–water partition coefficient (Wildman–Crippen LogP) is 5.68. The maximum absolute atomic E-state index is 12.6. The lowest BCUT2D eigenvalue weighted by molar-refractivity contribution is -0.121. The Hall–Kier alpha value is -3.12. The van der Waals surface area contributed by atoms with Gasteiger partial charge in [-0.2, -0.15) is 5.10 Å². The third kappa shape index (κ3) is 6.96. The van der Waals surface area contributed by atoms with Gasteiger partial charge < -0.3 is 10.1 Å². The van der Waals surface area contributed by atoms with Crippen LogP contribution in [0.1, 0.15) is 30.0 Å². The molecule has 31 heavy (non-hydrogen) atoms. The van der Waals surface area contributed by atoms with E-state index in [4.69, 9.17) is 4.74 Å². The van der Waals surface area contributed by atoms with Gasteiger partial charge in [0.05, 0.1) is 6.21 Å². The standard InChI is InChI=1S/C25H26BrN3O2/c1-3-23(28-22-12-6-8-18(2)14-22)25(30)29-27-16-20-10-4-5-13-24(20)31-17-19-9-7-11-21(26)15-19/h4-16,23,28H,3,17H2,1-2H3,(H,29,30)/b27-16+. The Kier molecular flexibility index (Phi) is 8.24. The van der Waals surface area contributed by atoms with Crippen LogP contribution in [0.25, 0.3) is 0 Å². The van der Waals surface area contributed by atoms with Crippen molar-refractivity contribution in [1.82, 2.24) is 5.43 Å². The molecule has 2 N–H and O–H groups in total. The molecule has 0 aliphatic heterocycles. The van der Waals surface area contributed by atoms with Gasteiger partial charge in [-0.25, -0.2) is 5.43 Å². The molecule has 3 aromatic carbocycles. The van der Waals surface area contributed by atoms with Gasteiger partial charge in [0.15, 0.2) is 0 Å². The highest BCUT2D eigenvalue weighted by molar-refractivity contribution is 9.10. The van der Waals surface area contributed by atoms with E-state index in [2.05, 4.69) is 31.8 Å². The highest BCUT2D eigenvalue weighted by atomic mass is 79.9. The van der Waals surface area contributed by atoms with Gasteiger partial charge in [0.25, 0.3) is 5.91 Å². The molecule has 1 amide bonds. The number of anilines is 1. The lowest BCUT2D eigenvalue weighted by Gasteiger charge is -2.16. The first-order chi connectivity index (χ1) is 15.0. The SMILES string of the molecule is CCC(Nc1cccc(C)c1)C(=O)N/N=C/c1ccccc1OCc1cccc(Br)c1. The number of para-hydroxylation sites is 1. The summed E-state index contributed by atoms with van der Waals surface area (Å²) in [4.78, 5) is 12.6. The van der Waals surface area contributed by atoms with Crippen LogP contribution in [0.2, 0.25) is 0 Å². The molecule has 0 aromatic heterocycles. The largest absolute Gasteiger partial charge is 0.488 e. The molecule has 0 fully saturated rings. The number of ether oxygens (including phenoxy) is 1. The molecule has 0 saturated heterocycles. The van der Waals surface area contributed by atoms with Crippen molar-refractivity contribution in [3.05, 3.63) is 94.0 Å². The number of hydrogen-bond acceptors (Lipinski definition) is 4. The molecule has 3 rings (SSSR count). The minimum atomic E-state index is -0.373. The van der Waals surface area contributed by atoms with Crippen LogP contribution in [0.4, 0.5) is 5.69 Å². The van der Waals surface area contributed by atoms with Crippen molar-refractivity contribution >= 4 is 33.7 Å². The van der Waals surface area contributed by atoms with Crippen molar-refractivity contribution in [3.63, 3.8) is 0 Å². The maximum atomic E-state index is 12.6. The minimum absolute atomic E-state index is 0.187. The molecule has 0 saturated carbocycles. The Bertz CT molecular complexity index is 1050. The van der Waals surface area contributed by atoms with Crippen molar-refractivity contribution in [2.75, 3.05) is 5.32 Å². The molecule has 6 heteroatoms. The lowest BCUT2D eigenvalue weighted by atomic mass is 10.1. The van der Waals surface area contributed by atoms with Crippen LogP contribution in [0.5, 0.6) is 5.75 Å². The third-order valence-electron chi connectivity index (χ3n) is 4.66. The normalized spacial score (nSPS) is 11.8. The fourth-order valence-corrected chi connectivity index (χ4v) is 3.49. The maximum Gasteiger partial charge on any atom is 0.262 e. The zero-order valence-electron chi connectivity index (χ0n) is 17.6. The van der Waals surface area contributed by atoms with E-state index in [1.54, 1.807) is 6.21 Å². The molecule has 1 unspecified atom stereocenters. The lowest BCUT2D eigenvalue weighted by Crippen LogP contribution is -2.36. The van der Waals surface area contributed by atoms with Crippen LogP contribution in [0.15, 0.2) is 82.4 Å². The number of halogens is 1. The van der Waals surface area contributed by atoms with E-state index in [1.807, 2.05) is 86.6 Å². The molecule has 0 heterocycles. The topological polar surface area (TPSA) is 62.7 Å². The Morgan fingerprint density at radius 2 is 1.90 bits per heavy atom. The quantitative estimate of drug-likeness (QED) is 0.306. The summed E-state index contributed by atoms with van der Waals surface area (Å²) in [6, 6.07) is 23.1. The van der Waals surface area contributed by atoms with E-state index in [1.165, 1.54) is 0 Å². The van der Waals surface area contributed by atoms with Crippen molar-refractivity contribution in [3.8, 4) is 5.75 Å². The molecule has 160 valence electrons. The molecule has 0 aliphatic carbocycles. The molecular formula is C25H26BrN3O2. The number of nitrogens with zero attached hydrogens (tertiary/aromatic N) is 1. The monoisotopic (exact) mass is 479 g/mol. The average molecular weight is 480 g/mol. The Balaban J connectivity index is 1.60. The summed E-state index contributed by atoms with van der Waals surface area (Å²) in [5.74, 6) is 0.512. The number of carbonyl (C=O) groups is 1. The highest BCUT2D eigenvalue weighted by Crippen LogP contribution is 2.19. The molecule has 0 aliphatic rings. The summed E-state index contributed by atoms with van der Waals surface area (Å²) in [7, 11) is 0. The van der Waals surface area contributed by atoms with Gasteiger partial charge in [0.1, 0.15) is 18.4 Å². The Morgan fingerprint density at radius 3 is 2.68 bits per heavy atom. The zero-order chi connectivity index (χ0) is 22.1. The van der Waals surface area contributed by atoms with Crippen molar-refractivity contribution < 1.29 is 9.53 Å². The van der Waals surface area contributed by atoms with Crippen LogP contribution in [-0.2, 0) is 11.4 Å². The molecule has 0 radical (unpaired) electrons. The van der Waals surface area contributed by atoms with Gasteiger partial charge in [0, 0.05) is 15.7 Å². The fourth-order valence-electron chi connectivity index (χ4n) is 3.04. The summed E-state index contributed by atoms with van der Waals surface area (Å²) in [5, 5.41) is 7.41. The van der Waals surface area contributed by atoms with E-state index in [-0.39, 0.29) is 11.9 Å². The number of carbonyl (C=O) groups excluding carboxylic acids is 1. The Morgan fingerprint density at radius 1 is 1.10 bits per heavy atom. The number of hydrazone groups is 1. The molecule has 1 atom stereocenters. The summed E-state index contributed by atoms with van der Waals surface area (Å²) < 4.78 is 6.97. The number of aryl methyl sites for hydroxylation is 1. The summed E-state index contributed by atoms with van der Waals surface area (Å²) in [5.41, 5.74) is 6.53. The van der Waals surface area contributed by atoms with Crippen molar-refractivity contribution in [2.45, 2.75) is 32.9 Å². The van der Waals surface area contributed by atoms with Crippen LogP contribution >= 0.6 is 15.9 Å². The third-order valence-corrected chi connectivity index (χ3v) is 5.16. The molecule has 0 bridgehead atoms. The number of benzene rings is 3. The van der Waals surface area contributed by atoms with E-state index >= 15 is 0 Å². The first-order valence-corrected chi connectivity index (χ1v) is 11.0. The van der Waals surface area contributed by atoms with Crippen molar-refractivity contribution in [1.29, 1.82) is 0 Å². The first kappa shape index (κ1) is 22.6. The molecular weight excluding hydrogens is 454 g/mol. The van der Waals surface area contributed by atoms with Crippen LogP contribution in [-0.4, -0.2) is 18.2 Å². The van der Waals surface area contributed by atoms with Gasteiger partial charge in [-0.3, -0.25) is 4.79 Å². The van der Waals surface area contributed by atoms with Crippen molar-refractivity contribution in [2.24, 2.45) is 5.10 Å². The van der Waals surface area contributed by atoms with Crippen LogP contribution in [0.3, 0.4) is 0 Å². The highest BCUT2D eigenvalue weighted by Gasteiger charge is 2.15. The molecule has 0 spiro atoms. The van der Waals surface area contributed by atoms with E-state index in [9.17, 15) is 4.79 Å². The molecule has 3 aromatic rings. The smallest absolute Gasteiger partial charge is 0.262 e. The summed E-state index contributed by atoms with van der Waals surface area (Å²) in [6.45, 7) is 4.42. The number of rotatable bonds is 9. The number of hydrogen-bond donors (Lipinski definition) is 2. The average Bonchev–Trinajstić information content (AvgIpc) is 2.77. The fraction of sp³-hybridized carbons (Fsp3) is 0.200. The second kappa shape index (κ2) is 11.3. The zero-order valence-corrected chi connectivity index (χ0v) is 19.2. The van der Waals surface area contributed by atoms with Gasteiger partial charge in [0.2, 0.25) is 0 Å². The van der Waals surface area contributed by atoms with E-state index in [0.717, 1.165) is 26.9 Å². The second-order valence-corrected chi connectivity index (χ2v) is 8.08. The van der Waals surface area contributed by atoms with Gasteiger partial charge in [-0.1, -0.05) is 59.3 Å². The van der Waals surface area contributed by atoms with Gasteiger partial charge in [-0.05, 0) is 60.9 Å². The van der Waals surface area contributed by atoms with Crippen LogP contribution in [0, 0.1) is 6.92 Å². The van der Waals surface area contributed by atoms with E-state index in [0.29, 0.717) is 18.8 Å². The first-order valence-electron chi connectivity index (χ1n) is 10.2. The predicted molar refractivity (Wildman–Crippen MR) is 130 cm³/mol. The van der Waals surface area contributed by atoms with Crippen LogP contribution < -0.4 is 15.5 Å². The van der Waals surface area contributed by atoms with Gasteiger partial charge >= 0.3 is 0 Å². The molecule has 5 nitrogen and oxygen atoms in total. The summed E-state index contributed by atoms with van der Waals surface area (Å²) in [6.07, 6.45) is 2.25. The van der Waals surface area contributed by atoms with Gasteiger partial charge in [-0.15, -0.1) is 0 Å². The number of nitrogens with one attached hydrogen (secondary N) is 2.